The smallest absolute Gasteiger partial charge is 0.461 e. The van der Waals surface area contributed by atoms with Crippen LogP contribution in [0.3, 0.4) is 0 Å². The first-order valence-electron chi connectivity index (χ1n) is 11.4. The van der Waals surface area contributed by atoms with Crippen molar-refractivity contribution in [2.24, 2.45) is 0 Å². The van der Waals surface area contributed by atoms with Crippen molar-refractivity contribution in [1.82, 2.24) is 14.5 Å². The molecule has 0 bridgehead atoms. The molecule has 1 aliphatic rings. The van der Waals surface area contributed by atoms with Gasteiger partial charge in [0.2, 0.25) is 5.95 Å². The standard InChI is InChI=1S/C23H28ClN4O9P/c1-5-11-23(24)18(29)17(35-20(23)28-13-26-21(25)27-22(28)31)12-33-38(32,37-16-9-7-6-8-10-16)36-15(4)19(30)34-14(2)3/h6-10,13-15,17-18,20,29H,12H2,1-4H3,(H2,25,27,31)/t15-,17+,18-,20+,23?,38-/m0/s1. The van der Waals surface area contributed by atoms with Gasteiger partial charge in [-0.15, -0.1) is 5.92 Å². The molecule has 1 unspecified atom stereocenters. The minimum Gasteiger partial charge on any atom is -0.461 e. The Kier molecular flexibility index (Phi) is 9.54. The van der Waals surface area contributed by atoms with Gasteiger partial charge in [0.1, 0.15) is 24.3 Å². The predicted molar refractivity (Wildman–Crippen MR) is 135 cm³/mol. The minimum atomic E-state index is -4.52. The van der Waals surface area contributed by atoms with Crippen LogP contribution in [0.4, 0.5) is 5.95 Å². The molecular formula is C23H28ClN4O9P. The highest BCUT2D eigenvalue weighted by Gasteiger charge is 2.57. The van der Waals surface area contributed by atoms with E-state index in [2.05, 4.69) is 21.8 Å². The van der Waals surface area contributed by atoms with Crippen LogP contribution in [0.5, 0.6) is 5.75 Å². The normalized spacial score (nSPS) is 25.2. The number of benzene rings is 1. The van der Waals surface area contributed by atoms with Gasteiger partial charge in [-0.3, -0.25) is 13.6 Å². The monoisotopic (exact) mass is 570 g/mol. The predicted octanol–water partition coefficient (Wildman–Crippen LogP) is 2.04. The van der Waals surface area contributed by atoms with E-state index in [1.807, 2.05) is 0 Å². The van der Waals surface area contributed by atoms with E-state index in [1.165, 1.54) is 26.0 Å². The third-order valence-electron chi connectivity index (χ3n) is 5.09. The first-order chi connectivity index (χ1) is 17.9. The number of esters is 1. The van der Waals surface area contributed by atoms with Crippen molar-refractivity contribution in [3.8, 4) is 17.6 Å². The summed E-state index contributed by atoms with van der Waals surface area (Å²) in [7, 11) is -4.52. The minimum absolute atomic E-state index is 0.125. The zero-order valence-corrected chi connectivity index (χ0v) is 22.7. The molecule has 0 saturated carbocycles. The molecule has 38 heavy (non-hydrogen) atoms. The van der Waals surface area contributed by atoms with E-state index in [-0.39, 0.29) is 11.7 Å². The molecule has 2 aromatic rings. The SMILES string of the molecule is CC#CC1(Cl)[C@@H](O)[C@@H](CO[P@](=O)(Oc2ccccc2)O[C@@H](C)C(=O)OC(C)C)O[C@H]1n1cnc(N)nc1=O. The summed E-state index contributed by atoms with van der Waals surface area (Å²) in [4.78, 5) is 30.2. The molecule has 206 valence electrons. The van der Waals surface area contributed by atoms with Gasteiger partial charge in [0.25, 0.3) is 0 Å². The second-order valence-electron chi connectivity index (χ2n) is 8.40. The third-order valence-corrected chi connectivity index (χ3v) is 7.07. The topological polar surface area (TPSA) is 174 Å². The molecule has 3 rings (SSSR count). The Bertz CT molecular complexity index is 1300. The first-order valence-corrected chi connectivity index (χ1v) is 13.3. The number of hydrogen-bond acceptors (Lipinski definition) is 12. The highest BCUT2D eigenvalue weighted by molar-refractivity contribution is 7.49. The van der Waals surface area contributed by atoms with E-state index in [0.29, 0.717) is 0 Å². The number of nitrogens with two attached hydrogens (primary N) is 1. The maximum Gasteiger partial charge on any atom is 0.530 e. The number of alkyl halides is 1. The molecule has 15 heteroatoms. The largest absolute Gasteiger partial charge is 0.530 e. The molecule has 0 amide bonds. The molecule has 3 N–H and O–H groups in total. The molecule has 13 nitrogen and oxygen atoms in total. The van der Waals surface area contributed by atoms with Gasteiger partial charge < -0.3 is 24.8 Å². The number of nitrogen functional groups attached to an aromatic ring is 1. The van der Waals surface area contributed by atoms with Crippen molar-refractivity contribution in [3.63, 3.8) is 0 Å². The second-order valence-corrected chi connectivity index (χ2v) is 10.6. The number of halogens is 1. The summed E-state index contributed by atoms with van der Waals surface area (Å²) in [6, 6.07) is 7.97. The molecule has 1 aromatic carbocycles. The number of phosphoric acid groups is 1. The molecule has 1 aliphatic heterocycles. The van der Waals surface area contributed by atoms with E-state index >= 15 is 0 Å². The lowest BCUT2D eigenvalue weighted by Gasteiger charge is -2.25. The molecular weight excluding hydrogens is 543 g/mol. The number of carbonyl (C=O) groups is 1. The van der Waals surface area contributed by atoms with Crippen molar-refractivity contribution in [2.45, 2.75) is 63.2 Å². The molecule has 1 fully saturated rings. The number of phosphoric ester groups is 1. The van der Waals surface area contributed by atoms with E-state index in [0.717, 1.165) is 10.9 Å². The van der Waals surface area contributed by atoms with E-state index in [9.17, 15) is 19.3 Å². The first kappa shape index (κ1) is 29.6. The van der Waals surface area contributed by atoms with Crippen molar-refractivity contribution in [2.75, 3.05) is 12.3 Å². The lowest BCUT2D eigenvalue weighted by molar-refractivity contribution is -0.156. The van der Waals surface area contributed by atoms with Crippen LogP contribution in [0, 0.1) is 11.8 Å². The Morgan fingerprint density at radius 3 is 2.63 bits per heavy atom. The number of para-hydroxylation sites is 1. The van der Waals surface area contributed by atoms with Gasteiger partial charge in [-0.1, -0.05) is 35.7 Å². The second kappa shape index (κ2) is 12.3. The van der Waals surface area contributed by atoms with Crippen molar-refractivity contribution in [1.29, 1.82) is 0 Å². The van der Waals surface area contributed by atoms with Gasteiger partial charge in [0.05, 0.1) is 12.7 Å². The maximum atomic E-state index is 13.6. The van der Waals surface area contributed by atoms with Crippen LogP contribution in [0.1, 0.15) is 33.9 Å². The number of aliphatic hydroxyl groups is 1. The highest BCUT2D eigenvalue weighted by atomic mass is 35.5. The van der Waals surface area contributed by atoms with Crippen molar-refractivity contribution >= 4 is 31.3 Å². The molecule has 1 saturated heterocycles. The number of nitrogens with zero attached hydrogens (tertiary/aromatic N) is 3. The van der Waals surface area contributed by atoms with E-state index < -0.39 is 61.6 Å². The summed E-state index contributed by atoms with van der Waals surface area (Å²) >= 11 is 6.64. The fraction of sp³-hybridized carbons (Fsp3) is 0.478. The Balaban J connectivity index is 1.86. The van der Waals surface area contributed by atoms with Crippen LogP contribution in [-0.2, 0) is 27.9 Å². The zero-order chi connectivity index (χ0) is 28.1. The third kappa shape index (κ3) is 6.91. The lowest BCUT2D eigenvalue weighted by atomic mass is 9.99. The van der Waals surface area contributed by atoms with Crippen molar-refractivity contribution < 1.29 is 37.5 Å². The Labute approximate surface area is 223 Å². The average Bonchev–Trinajstić information content (AvgIpc) is 3.08. The Morgan fingerprint density at radius 1 is 1.34 bits per heavy atom. The molecule has 0 spiro atoms. The molecule has 6 atom stereocenters. The summed E-state index contributed by atoms with van der Waals surface area (Å²) in [5.41, 5.74) is 4.61. The summed E-state index contributed by atoms with van der Waals surface area (Å²) < 4.78 is 41.8. The summed E-state index contributed by atoms with van der Waals surface area (Å²) in [5.74, 6) is 4.29. The summed E-state index contributed by atoms with van der Waals surface area (Å²) in [5, 5.41) is 11.0. The van der Waals surface area contributed by atoms with Gasteiger partial charge >= 0.3 is 19.5 Å². The number of rotatable bonds is 10. The highest BCUT2D eigenvalue weighted by Crippen LogP contribution is 2.52. The number of aliphatic hydroxyl groups excluding tert-OH is 1. The van der Waals surface area contributed by atoms with E-state index in [4.69, 9.17) is 40.4 Å². The molecule has 2 heterocycles. The zero-order valence-electron chi connectivity index (χ0n) is 21.0. The van der Waals surface area contributed by atoms with Gasteiger partial charge in [-0.05, 0) is 39.8 Å². The fourth-order valence-electron chi connectivity index (χ4n) is 3.42. The lowest BCUT2D eigenvalue weighted by Crippen LogP contribution is -2.43. The Hall–Kier alpha value is -2.98. The maximum absolute atomic E-state index is 13.6. The van der Waals surface area contributed by atoms with Crippen LogP contribution in [0.15, 0.2) is 41.5 Å². The summed E-state index contributed by atoms with van der Waals surface area (Å²) in [6.45, 7) is 5.49. The number of anilines is 1. The van der Waals surface area contributed by atoms with Gasteiger partial charge in [-0.2, -0.15) is 4.98 Å². The molecule has 0 aliphatic carbocycles. The summed E-state index contributed by atoms with van der Waals surface area (Å²) in [6.07, 6.45) is -4.94. The quantitative estimate of drug-likeness (QED) is 0.184. The molecule has 1 aromatic heterocycles. The number of ether oxygens (including phenoxy) is 2. The van der Waals surface area contributed by atoms with E-state index in [1.54, 1.807) is 32.0 Å². The molecule has 0 radical (unpaired) electrons. The number of carbonyl (C=O) groups excluding carboxylic acids is 1. The van der Waals surface area contributed by atoms with Crippen LogP contribution in [-0.4, -0.2) is 61.5 Å². The number of aromatic nitrogens is 3. The van der Waals surface area contributed by atoms with Crippen LogP contribution < -0.4 is 15.9 Å². The van der Waals surface area contributed by atoms with Gasteiger partial charge in [0, 0.05) is 0 Å². The average molecular weight is 571 g/mol. The van der Waals surface area contributed by atoms with Crippen LogP contribution in [0.25, 0.3) is 0 Å². The number of hydrogen-bond donors (Lipinski definition) is 2. The van der Waals surface area contributed by atoms with Crippen LogP contribution >= 0.6 is 19.4 Å². The van der Waals surface area contributed by atoms with Gasteiger partial charge in [0.15, 0.2) is 17.2 Å². The van der Waals surface area contributed by atoms with Crippen molar-refractivity contribution in [3.05, 3.63) is 47.1 Å². The van der Waals surface area contributed by atoms with Crippen LogP contribution in [0.2, 0.25) is 0 Å². The Morgan fingerprint density at radius 2 is 2.03 bits per heavy atom. The fourth-order valence-corrected chi connectivity index (χ4v) is 5.15. The van der Waals surface area contributed by atoms with Gasteiger partial charge in [-0.25, -0.2) is 19.1 Å².